The van der Waals surface area contributed by atoms with E-state index in [-0.39, 0.29) is 22.5 Å². The van der Waals surface area contributed by atoms with Gasteiger partial charge in [-0.05, 0) is 30.3 Å². The van der Waals surface area contributed by atoms with Crippen molar-refractivity contribution in [1.29, 1.82) is 0 Å². The van der Waals surface area contributed by atoms with E-state index in [0.29, 0.717) is 0 Å². The van der Waals surface area contributed by atoms with Crippen molar-refractivity contribution in [3.8, 4) is 0 Å². The molecular weight excluding hydrogens is 356 g/mol. The summed E-state index contributed by atoms with van der Waals surface area (Å²) in [5.74, 6) is -2.71. The van der Waals surface area contributed by atoms with Crippen molar-refractivity contribution in [2.45, 2.75) is 0 Å². The van der Waals surface area contributed by atoms with E-state index in [1.165, 1.54) is 32.4 Å². The minimum atomic E-state index is -0.706. The van der Waals surface area contributed by atoms with Gasteiger partial charge in [0.1, 0.15) is 5.69 Å². The largest absolute Gasteiger partial charge is 0.465 e. The van der Waals surface area contributed by atoms with Gasteiger partial charge in [-0.3, -0.25) is 4.79 Å². The van der Waals surface area contributed by atoms with E-state index in [9.17, 15) is 19.2 Å². The zero-order valence-corrected chi connectivity index (χ0v) is 15.0. The summed E-state index contributed by atoms with van der Waals surface area (Å²) in [7, 11) is 4.05. The summed E-state index contributed by atoms with van der Waals surface area (Å²) < 4.78 is 15.8. The van der Waals surface area contributed by atoms with Crippen LogP contribution in [0.2, 0.25) is 0 Å². The van der Waals surface area contributed by atoms with Gasteiger partial charge in [-0.25, -0.2) is 14.4 Å². The smallest absolute Gasteiger partial charge is 0.355 e. The first-order valence-corrected chi connectivity index (χ1v) is 7.76. The van der Waals surface area contributed by atoms with Gasteiger partial charge in [-0.2, -0.15) is 0 Å². The molecule has 0 atom stereocenters. The Balaban J connectivity index is 2.12. The number of methoxy groups -OCH3 is 2. The minimum Gasteiger partial charge on any atom is -0.465 e. The predicted octanol–water partition coefficient (Wildman–Crippen LogP) is 1.39. The Hall–Kier alpha value is -3.62. The number of nitrogens with zero attached hydrogens (tertiary/aromatic N) is 1. The number of rotatable bonds is 6. The lowest BCUT2D eigenvalue weighted by molar-refractivity contribution is -0.119. The lowest BCUT2D eigenvalue weighted by Gasteiger charge is -2.12. The molecule has 1 amide bonds. The molecule has 1 aromatic heterocycles. The molecule has 0 radical (unpaired) electrons. The highest BCUT2D eigenvalue weighted by Gasteiger charge is 2.18. The van der Waals surface area contributed by atoms with Crippen molar-refractivity contribution in [3.63, 3.8) is 0 Å². The molecule has 1 heterocycles. The van der Waals surface area contributed by atoms with Gasteiger partial charge in [0.2, 0.25) is 0 Å². The number of esters is 3. The number of amides is 1. The van der Waals surface area contributed by atoms with Crippen LogP contribution in [0, 0.1) is 0 Å². The van der Waals surface area contributed by atoms with Crippen LogP contribution in [-0.4, -0.2) is 49.2 Å². The Morgan fingerprint density at radius 1 is 1.00 bits per heavy atom. The van der Waals surface area contributed by atoms with Gasteiger partial charge in [-0.15, -0.1) is 0 Å². The molecule has 9 heteroatoms. The molecule has 27 heavy (non-hydrogen) atoms. The molecule has 0 bridgehead atoms. The van der Waals surface area contributed by atoms with Crippen LogP contribution >= 0.6 is 0 Å². The summed E-state index contributed by atoms with van der Waals surface area (Å²) in [6.07, 6.45) is 1.66. The molecular formula is C18H18N2O7. The van der Waals surface area contributed by atoms with Crippen molar-refractivity contribution in [2.75, 3.05) is 26.1 Å². The van der Waals surface area contributed by atoms with Crippen LogP contribution in [0.25, 0.3) is 0 Å². The second-order valence-electron chi connectivity index (χ2n) is 5.37. The van der Waals surface area contributed by atoms with Crippen LogP contribution in [0.3, 0.4) is 0 Å². The first-order valence-electron chi connectivity index (χ1n) is 7.76. The third kappa shape index (κ3) is 4.72. The minimum absolute atomic E-state index is 0.0321. The first kappa shape index (κ1) is 19.7. The zero-order chi connectivity index (χ0) is 20.0. The van der Waals surface area contributed by atoms with Crippen LogP contribution in [0.4, 0.5) is 5.69 Å². The second kappa shape index (κ2) is 8.65. The highest BCUT2D eigenvalue weighted by Crippen LogP contribution is 2.20. The van der Waals surface area contributed by atoms with E-state index in [0.717, 1.165) is 0 Å². The van der Waals surface area contributed by atoms with Crippen molar-refractivity contribution >= 4 is 29.5 Å². The highest BCUT2D eigenvalue weighted by atomic mass is 16.5. The number of aromatic nitrogens is 1. The number of carbonyl (C=O) groups excluding carboxylic acids is 4. The van der Waals surface area contributed by atoms with Crippen LogP contribution in [0.1, 0.15) is 31.2 Å². The monoisotopic (exact) mass is 374 g/mol. The molecule has 0 saturated heterocycles. The maximum absolute atomic E-state index is 12.1. The van der Waals surface area contributed by atoms with Crippen molar-refractivity contribution in [3.05, 3.63) is 53.3 Å². The van der Waals surface area contributed by atoms with Gasteiger partial charge in [0, 0.05) is 13.2 Å². The predicted molar refractivity (Wildman–Crippen MR) is 93.4 cm³/mol. The van der Waals surface area contributed by atoms with Gasteiger partial charge in [-0.1, -0.05) is 0 Å². The highest BCUT2D eigenvalue weighted by molar-refractivity contribution is 6.04. The summed E-state index contributed by atoms with van der Waals surface area (Å²) in [6, 6.07) is 7.18. The summed E-state index contributed by atoms with van der Waals surface area (Å²) in [5, 5.41) is 2.43. The Labute approximate surface area is 154 Å². The Morgan fingerprint density at radius 3 is 2.30 bits per heavy atom. The Morgan fingerprint density at radius 2 is 1.70 bits per heavy atom. The maximum atomic E-state index is 12.1. The Bertz CT molecular complexity index is 886. The molecule has 0 aliphatic heterocycles. The molecule has 0 saturated carbocycles. The van der Waals surface area contributed by atoms with Gasteiger partial charge >= 0.3 is 17.9 Å². The van der Waals surface area contributed by atoms with E-state index < -0.39 is 30.4 Å². The Kier molecular flexibility index (Phi) is 6.32. The quantitative estimate of drug-likeness (QED) is 0.600. The van der Waals surface area contributed by atoms with Crippen molar-refractivity contribution < 1.29 is 33.4 Å². The summed E-state index contributed by atoms with van der Waals surface area (Å²) in [4.78, 5) is 47.6. The molecule has 2 aromatic rings. The van der Waals surface area contributed by atoms with E-state index in [4.69, 9.17) is 4.74 Å². The number of benzene rings is 1. The number of aryl methyl sites for hydroxylation is 1. The molecule has 2 rings (SSSR count). The van der Waals surface area contributed by atoms with E-state index in [1.54, 1.807) is 29.9 Å². The molecule has 0 aliphatic rings. The molecule has 0 fully saturated rings. The molecule has 1 aromatic carbocycles. The second-order valence-corrected chi connectivity index (χ2v) is 5.37. The normalized spacial score (nSPS) is 10.0. The molecule has 0 aliphatic carbocycles. The summed E-state index contributed by atoms with van der Waals surface area (Å²) in [5.41, 5.74) is 0.476. The van der Waals surface area contributed by atoms with E-state index >= 15 is 0 Å². The topological polar surface area (TPSA) is 113 Å². The summed E-state index contributed by atoms with van der Waals surface area (Å²) in [6.45, 7) is -0.576. The zero-order valence-electron chi connectivity index (χ0n) is 15.0. The SMILES string of the molecule is COC(=O)c1ccc(C(=O)OC)c(NC(=O)COC(=O)c2cccn2C)c1. The number of hydrogen-bond acceptors (Lipinski definition) is 7. The third-order valence-electron chi connectivity index (χ3n) is 3.61. The lowest BCUT2D eigenvalue weighted by atomic mass is 10.1. The fourth-order valence-corrected chi connectivity index (χ4v) is 2.24. The molecule has 1 N–H and O–H groups in total. The van der Waals surface area contributed by atoms with Crippen LogP contribution in [-0.2, 0) is 26.1 Å². The maximum Gasteiger partial charge on any atom is 0.355 e. The standard InChI is InChI=1S/C18H18N2O7/c1-20-8-4-5-14(20)18(24)27-10-15(21)19-13-9-11(16(22)25-2)6-7-12(13)17(23)26-3/h4-9H,10H2,1-3H3,(H,19,21). The first-order chi connectivity index (χ1) is 12.9. The average molecular weight is 374 g/mol. The number of hydrogen-bond donors (Lipinski definition) is 1. The third-order valence-corrected chi connectivity index (χ3v) is 3.61. The van der Waals surface area contributed by atoms with Crippen LogP contribution in [0.15, 0.2) is 36.5 Å². The van der Waals surface area contributed by atoms with Gasteiger partial charge in [0.15, 0.2) is 6.61 Å². The van der Waals surface area contributed by atoms with Crippen molar-refractivity contribution in [1.82, 2.24) is 4.57 Å². The fraction of sp³-hybridized carbons (Fsp3) is 0.222. The van der Waals surface area contributed by atoms with E-state index in [1.807, 2.05) is 0 Å². The van der Waals surface area contributed by atoms with Crippen molar-refractivity contribution in [2.24, 2.45) is 7.05 Å². The lowest BCUT2D eigenvalue weighted by Crippen LogP contribution is -2.23. The molecule has 0 spiro atoms. The molecule has 9 nitrogen and oxygen atoms in total. The van der Waals surface area contributed by atoms with Gasteiger partial charge < -0.3 is 24.1 Å². The number of ether oxygens (including phenoxy) is 3. The van der Waals surface area contributed by atoms with E-state index in [2.05, 4.69) is 14.8 Å². The summed E-state index contributed by atoms with van der Waals surface area (Å²) >= 11 is 0. The fourth-order valence-electron chi connectivity index (χ4n) is 2.24. The van der Waals surface area contributed by atoms with Crippen LogP contribution in [0.5, 0.6) is 0 Å². The van der Waals surface area contributed by atoms with Crippen LogP contribution < -0.4 is 5.32 Å². The average Bonchev–Trinajstić information content (AvgIpc) is 3.10. The number of anilines is 1. The molecule has 142 valence electrons. The number of nitrogens with one attached hydrogen (secondary N) is 1. The molecule has 0 unspecified atom stereocenters. The van der Waals surface area contributed by atoms with Gasteiger partial charge in [0.25, 0.3) is 5.91 Å². The van der Waals surface area contributed by atoms with Gasteiger partial charge in [0.05, 0.1) is 31.0 Å². The number of carbonyl (C=O) groups is 4.